The third kappa shape index (κ3) is 7.15. The summed E-state index contributed by atoms with van der Waals surface area (Å²) < 4.78 is 5.63. The largest absolute Gasteiger partial charge is 0.494 e. The van der Waals surface area contributed by atoms with E-state index in [1.807, 2.05) is 24.3 Å². The number of carbonyl (C=O) groups is 1. The molecule has 0 bridgehead atoms. The van der Waals surface area contributed by atoms with Crippen LogP contribution >= 0.6 is 0 Å². The van der Waals surface area contributed by atoms with Crippen LogP contribution in [0.2, 0.25) is 0 Å². The lowest BCUT2D eigenvalue weighted by Crippen LogP contribution is -2.30. The van der Waals surface area contributed by atoms with Crippen molar-refractivity contribution in [2.75, 3.05) is 13.2 Å². The van der Waals surface area contributed by atoms with Gasteiger partial charge in [-0.25, -0.2) is 0 Å². The fourth-order valence-electron chi connectivity index (χ4n) is 2.98. The first kappa shape index (κ1) is 20.5. The fourth-order valence-corrected chi connectivity index (χ4v) is 2.98. The number of rotatable bonds is 10. The molecule has 4 heteroatoms. The van der Waals surface area contributed by atoms with Gasteiger partial charge >= 0.3 is 0 Å². The van der Waals surface area contributed by atoms with Gasteiger partial charge in [-0.2, -0.15) is 5.26 Å². The van der Waals surface area contributed by atoms with Crippen LogP contribution in [0, 0.1) is 17.2 Å². The number of unbranched alkanes of at least 4 members (excludes halogenated alkanes) is 1. The van der Waals surface area contributed by atoms with Crippen LogP contribution in [0.15, 0.2) is 54.6 Å². The molecule has 0 heterocycles. The molecular formula is C23H28N2O2. The molecule has 142 valence electrons. The van der Waals surface area contributed by atoms with E-state index in [4.69, 9.17) is 10.00 Å². The lowest BCUT2D eigenvalue weighted by Gasteiger charge is -2.22. The molecule has 2 aromatic carbocycles. The van der Waals surface area contributed by atoms with Crippen molar-refractivity contribution >= 4 is 5.91 Å². The molecule has 0 spiro atoms. The Morgan fingerprint density at radius 3 is 2.59 bits per heavy atom. The van der Waals surface area contributed by atoms with Gasteiger partial charge in [-0.15, -0.1) is 0 Å². The van der Waals surface area contributed by atoms with Crippen LogP contribution in [0.1, 0.15) is 50.2 Å². The summed E-state index contributed by atoms with van der Waals surface area (Å²) >= 11 is 0. The third-order valence-corrected chi connectivity index (χ3v) is 4.58. The highest BCUT2D eigenvalue weighted by atomic mass is 16.5. The van der Waals surface area contributed by atoms with Gasteiger partial charge in [0, 0.05) is 18.9 Å². The molecule has 0 saturated heterocycles. The molecule has 1 atom stereocenters. The number of nitrogens with zero attached hydrogens (tertiary/aromatic N) is 1. The lowest BCUT2D eigenvalue weighted by molar-refractivity contribution is -0.121. The minimum absolute atomic E-state index is 0.0862. The Hall–Kier alpha value is -2.80. The molecule has 1 unspecified atom stereocenters. The van der Waals surface area contributed by atoms with Gasteiger partial charge in [0.25, 0.3) is 0 Å². The van der Waals surface area contributed by atoms with Crippen molar-refractivity contribution < 1.29 is 9.53 Å². The predicted octanol–water partition coefficient (Wildman–Crippen LogP) is 4.66. The Kier molecular flexibility index (Phi) is 8.38. The number of amides is 1. The molecule has 0 radical (unpaired) electrons. The summed E-state index contributed by atoms with van der Waals surface area (Å²) in [5.74, 6) is 1.57. The van der Waals surface area contributed by atoms with Crippen molar-refractivity contribution in [3.8, 4) is 11.8 Å². The lowest BCUT2D eigenvalue weighted by atomic mass is 9.88. The van der Waals surface area contributed by atoms with E-state index in [2.05, 4.69) is 37.4 Å². The van der Waals surface area contributed by atoms with Crippen LogP contribution < -0.4 is 10.1 Å². The van der Waals surface area contributed by atoms with Gasteiger partial charge < -0.3 is 10.1 Å². The number of hydrogen-bond acceptors (Lipinski definition) is 3. The van der Waals surface area contributed by atoms with Crippen LogP contribution in [0.25, 0.3) is 0 Å². The molecule has 0 aliphatic carbocycles. The summed E-state index contributed by atoms with van der Waals surface area (Å²) in [7, 11) is 0. The van der Waals surface area contributed by atoms with Crippen molar-refractivity contribution in [3.05, 3.63) is 65.7 Å². The summed E-state index contributed by atoms with van der Waals surface area (Å²) in [6, 6.07) is 19.5. The van der Waals surface area contributed by atoms with E-state index in [1.54, 1.807) is 18.2 Å². The first-order chi connectivity index (χ1) is 13.1. The van der Waals surface area contributed by atoms with E-state index >= 15 is 0 Å². The summed E-state index contributed by atoms with van der Waals surface area (Å²) in [6.07, 6.45) is 2.08. The van der Waals surface area contributed by atoms with Gasteiger partial charge in [-0.3, -0.25) is 4.79 Å². The van der Waals surface area contributed by atoms with E-state index in [0.717, 1.165) is 12.8 Å². The van der Waals surface area contributed by atoms with Crippen molar-refractivity contribution in [2.45, 2.75) is 39.0 Å². The molecule has 0 aliphatic rings. The zero-order valence-electron chi connectivity index (χ0n) is 16.2. The van der Waals surface area contributed by atoms with E-state index in [1.165, 1.54) is 5.56 Å². The van der Waals surface area contributed by atoms with Crippen molar-refractivity contribution in [3.63, 3.8) is 0 Å². The Morgan fingerprint density at radius 2 is 1.89 bits per heavy atom. The Balaban J connectivity index is 1.66. The molecule has 2 rings (SSSR count). The average Bonchev–Trinajstić information content (AvgIpc) is 2.68. The zero-order valence-corrected chi connectivity index (χ0v) is 16.2. The predicted molar refractivity (Wildman–Crippen MR) is 108 cm³/mol. The second kappa shape index (κ2) is 11.0. The molecule has 0 saturated carbocycles. The first-order valence-electron chi connectivity index (χ1n) is 9.54. The van der Waals surface area contributed by atoms with E-state index in [0.29, 0.717) is 42.7 Å². The summed E-state index contributed by atoms with van der Waals surface area (Å²) in [5.41, 5.74) is 1.85. The molecule has 0 aliphatic heterocycles. The molecule has 1 N–H and O–H groups in total. The van der Waals surface area contributed by atoms with E-state index in [-0.39, 0.29) is 5.91 Å². The second-order valence-electron chi connectivity index (χ2n) is 7.01. The first-order valence-corrected chi connectivity index (χ1v) is 9.54. The van der Waals surface area contributed by atoms with Crippen molar-refractivity contribution in [2.24, 2.45) is 5.92 Å². The monoisotopic (exact) mass is 364 g/mol. The van der Waals surface area contributed by atoms with E-state index < -0.39 is 0 Å². The Labute approximate surface area is 162 Å². The van der Waals surface area contributed by atoms with Crippen molar-refractivity contribution in [1.82, 2.24) is 5.32 Å². The molecular weight excluding hydrogens is 336 g/mol. The number of nitriles is 1. The van der Waals surface area contributed by atoms with Crippen LogP contribution in [-0.2, 0) is 4.79 Å². The Morgan fingerprint density at radius 1 is 1.11 bits per heavy atom. The topological polar surface area (TPSA) is 62.1 Å². The van der Waals surface area contributed by atoms with Gasteiger partial charge in [-0.05, 0) is 42.5 Å². The summed E-state index contributed by atoms with van der Waals surface area (Å²) in [6.45, 7) is 5.57. The highest BCUT2D eigenvalue weighted by Crippen LogP contribution is 2.23. The highest BCUT2D eigenvalue weighted by Gasteiger charge is 2.16. The molecule has 27 heavy (non-hydrogen) atoms. The second-order valence-corrected chi connectivity index (χ2v) is 7.01. The van der Waals surface area contributed by atoms with Gasteiger partial charge in [0.1, 0.15) is 5.75 Å². The maximum Gasteiger partial charge on any atom is 0.220 e. The average molecular weight is 364 g/mol. The standard InChI is InChI=1S/C23H28N2O2/c1-18(2)22(20-10-4-3-5-11-20)17-25-23(26)13-6-7-14-27-21-12-8-9-19(15-21)16-24/h3-5,8-12,15,18,22H,6-7,13-14,17H2,1-2H3,(H,25,26). The molecule has 0 aromatic heterocycles. The van der Waals surface area contributed by atoms with Crippen LogP contribution in [0.4, 0.5) is 0 Å². The third-order valence-electron chi connectivity index (χ3n) is 4.58. The summed E-state index contributed by atoms with van der Waals surface area (Å²) in [5, 5.41) is 11.9. The Bertz CT molecular complexity index is 750. The number of benzene rings is 2. The maximum absolute atomic E-state index is 12.1. The minimum Gasteiger partial charge on any atom is -0.494 e. The molecule has 1 amide bonds. The fraction of sp³-hybridized carbons (Fsp3) is 0.391. The smallest absolute Gasteiger partial charge is 0.220 e. The normalized spacial score (nSPS) is 11.6. The molecule has 2 aromatic rings. The van der Waals surface area contributed by atoms with Gasteiger partial charge in [0.2, 0.25) is 5.91 Å². The molecule has 0 fully saturated rings. The van der Waals surface area contributed by atoms with Crippen LogP contribution in [0.3, 0.4) is 0 Å². The van der Waals surface area contributed by atoms with Crippen LogP contribution in [-0.4, -0.2) is 19.1 Å². The molecule has 4 nitrogen and oxygen atoms in total. The number of carbonyl (C=O) groups excluding carboxylic acids is 1. The van der Waals surface area contributed by atoms with E-state index in [9.17, 15) is 4.79 Å². The number of nitrogens with one attached hydrogen (secondary N) is 1. The minimum atomic E-state index is 0.0862. The summed E-state index contributed by atoms with van der Waals surface area (Å²) in [4.78, 5) is 12.1. The van der Waals surface area contributed by atoms with Gasteiger partial charge in [0.05, 0.1) is 18.2 Å². The maximum atomic E-state index is 12.1. The number of ether oxygens (including phenoxy) is 1. The highest BCUT2D eigenvalue weighted by molar-refractivity contribution is 5.75. The van der Waals surface area contributed by atoms with Gasteiger partial charge in [0.15, 0.2) is 0 Å². The quantitative estimate of drug-likeness (QED) is 0.624. The van der Waals surface area contributed by atoms with Crippen molar-refractivity contribution in [1.29, 1.82) is 5.26 Å². The zero-order chi connectivity index (χ0) is 19.5. The number of hydrogen-bond donors (Lipinski definition) is 1. The van der Waals surface area contributed by atoms with Crippen LogP contribution in [0.5, 0.6) is 5.75 Å². The SMILES string of the molecule is CC(C)C(CNC(=O)CCCCOc1cccc(C#N)c1)c1ccccc1. The van der Waals surface area contributed by atoms with Gasteiger partial charge in [-0.1, -0.05) is 50.2 Å².